The highest BCUT2D eigenvalue weighted by atomic mass is 35.5. The molecule has 1 atom stereocenters. The highest BCUT2D eigenvalue weighted by molar-refractivity contribution is 7.20. The van der Waals surface area contributed by atoms with Crippen LogP contribution in [0.25, 0.3) is 0 Å². The lowest BCUT2D eigenvalue weighted by atomic mass is 10.0. The van der Waals surface area contributed by atoms with Gasteiger partial charge in [-0.15, -0.1) is 22.9 Å². The zero-order chi connectivity index (χ0) is 14.9. The van der Waals surface area contributed by atoms with Crippen LogP contribution in [0.15, 0.2) is 18.2 Å². The second kappa shape index (κ2) is 6.44. The Morgan fingerprint density at radius 2 is 1.60 bits per heavy atom. The second-order valence-electron chi connectivity index (χ2n) is 4.21. The molecule has 0 spiro atoms. The number of hydrogen-bond donors (Lipinski definition) is 0. The molecule has 0 saturated carbocycles. The van der Waals surface area contributed by atoms with Crippen molar-refractivity contribution in [2.45, 2.75) is 12.3 Å². The molecule has 0 N–H and O–H groups in total. The van der Waals surface area contributed by atoms with Gasteiger partial charge in [-0.1, -0.05) is 23.2 Å². The summed E-state index contributed by atoms with van der Waals surface area (Å²) in [7, 11) is 3.19. The molecular formula is C14H13Cl3O2S. The molecule has 0 aliphatic rings. The van der Waals surface area contributed by atoms with Crippen molar-refractivity contribution in [3.8, 4) is 11.5 Å². The normalized spacial score (nSPS) is 12.3. The molecule has 0 radical (unpaired) electrons. The first-order valence-corrected chi connectivity index (χ1v) is 7.80. The average molecular weight is 352 g/mol. The van der Waals surface area contributed by atoms with Gasteiger partial charge in [0.15, 0.2) is 11.5 Å². The van der Waals surface area contributed by atoms with Gasteiger partial charge < -0.3 is 9.47 Å². The molecule has 0 aliphatic carbocycles. The molecule has 1 aromatic carbocycles. The third kappa shape index (κ3) is 3.01. The van der Waals surface area contributed by atoms with Gasteiger partial charge in [0.1, 0.15) is 0 Å². The minimum atomic E-state index is -0.383. The first kappa shape index (κ1) is 15.8. The van der Waals surface area contributed by atoms with Crippen LogP contribution < -0.4 is 9.47 Å². The zero-order valence-corrected chi connectivity index (χ0v) is 14.3. The molecule has 1 aromatic heterocycles. The van der Waals surface area contributed by atoms with Crippen LogP contribution >= 0.6 is 46.1 Å². The Morgan fingerprint density at radius 1 is 1.00 bits per heavy atom. The number of alkyl halides is 1. The molecule has 0 aliphatic heterocycles. The zero-order valence-electron chi connectivity index (χ0n) is 11.2. The lowest BCUT2D eigenvalue weighted by molar-refractivity contribution is 0.354. The summed E-state index contributed by atoms with van der Waals surface area (Å²) >= 11 is 20.0. The number of halogens is 3. The Labute approximate surface area is 137 Å². The highest BCUT2D eigenvalue weighted by Crippen LogP contribution is 2.43. The quantitative estimate of drug-likeness (QED) is 0.657. The van der Waals surface area contributed by atoms with Gasteiger partial charge in [0, 0.05) is 5.56 Å². The fraction of sp³-hybridized carbons (Fsp3) is 0.286. The van der Waals surface area contributed by atoms with Gasteiger partial charge in [-0.25, -0.2) is 0 Å². The fourth-order valence-electron chi connectivity index (χ4n) is 1.96. The minimum absolute atomic E-state index is 0.383. The van der Waals surface area contributed by atoms with Crippen LogP contribution in [-0.4, -0.2) is 14.2 Å². The summed E-state index contributed by atoms with van der Waals surface area (Å²) in [6.45, 7) is 1.97. The van der Waals surface area contributed by atoms with Crippen molar-refractivity contribution in [3.63, 3.8) is 0 Å². The van der Waals surface area contributed by atoms with E-state index in [9.17, 15) is 0 Å². The Balaban J connectivity index is 2.49. The van der Waals surface area contributed by atoms with Gasteiger partial charge in [-0.05, 0) is 36.2 Å². The van der Waals surface area contributed by atoms with E-state index in [-0.39, 0.29) is 5.38 Å². The van der Waals surface area contributed by atoms with Crippen LogP contribution in [0, 0.1) is 6.92 Å². The van der Waals surface area contributed by atoms with Gasteiger partial charge in [-0.2, -0.15) is 0 Å². The SMILES string of the molecule is COc1cc(C)c(C(Cl)c2cc(Cl)sc2Cl)cc1OC. The molecule has 0 bridgehead atoms. The molecule has 2 aromatic rings. The van der Waals surface area contributed by atoms with E-state index in [1.165, 1.54) is 11.3 Å². The first-order chi connectivity index (χ1) is 9.47. The molecule has 0 amide bonds. The molecule has 2 rings (SSSR count). The van der Waals surface area contributed by atoms with Gasteiger partial charge in [-0.3, -0.25) is 0 Å². The van der Waals surface area contributed by atoms with E-state index in [4.69, 9.17) is 44.3 Å². The maximum absolute atomic E-state index is 6.55. The molecule has 20 heavy (non-hydrogen) atoms. The predicted octanol–water partition coefficient (Wildman–Crippen LogP) is 5.71. The molecule has 1 heterocycles. The second-order valence-corrected chi connectivity index (χ2v) is 6.93. The van der Waals surface area contributed by atoms with E-state index in [0.29, 0.717) is 20.2 Å². The van der Waals surface area contributed by atoms with Gasteiger partial charge >= 0.3 is 0 Å². The molecule has 108 valence electrons. The van der Waals surface area contributed by atoms with Crippen molar-refractivity contribution < 1.29 is 9.47 Å². The van der Waals surface area contributed by atoms with E-state index in [1.807, 2.05) is 19.1 Å². The number of hydrogen-bond acceptors (Lipinski definition) is 3. The van der Waals surface area contributed by atoms with E-state index in [1.54, 1.807) is 20.3 Å². The fourth-order valence-corrected chi connectivity index (χ4v) is 4.02. The lowest BCUT2D eigenvalue weighted by Crippen LogP contribution is -1.99. The van der Waals surface area contributed by atoms with Crippen molar-refractivity contribution in [2.24, 2.45) is 0 Å². The Kier molecular flexibility index (Phi) is 5.08. The average Bonchev–Trinajstić information content (AvgIpc) is 2.76. The van der Waals surface area contributed by atoms with Crippen molar-refractivity contribution in [1.82, 2.24) is 0 Å². The van der Waals surface area contributed by atoms with Gasteiger partial charge in [0.2, 0.25) is 0 Å². The largest absolute Gasteiger partial charge is 0.493 e. The van der Waals surface area contributed by atoms with E-state index in [0.717, 1.165) is 16.7 Å². The van der Waals surface area contributed by atoms with Gasteiger partial charge in [0.25, 0.3) is 0 Å². The monoisotopic (exact) mass is 350 g/mol. The number of ether oxygens (including phenoxy) is 2. The number of thiophene rings is 1. The maximum Gasteiger partial charge on any atom is 0.161 e. The molecule has 0 fully saturated rings. The van der Waals surface area contributed by atoms with Crippen molar-refractivity contribution in [2.75, 3.05) is 14.2 Å². The van der Waals surface area contributed by atoms with E-state index < -0.39 is 0 Å². The summed E-state index contributed by atoms with van der Waals surface area (Å²) in [6.07, 6.45) is 0. The summed E-state index contributed by atoms with van der Waals surface area (Å²) in [5.74, 6) is 1.31. The Hall–Kier alpha value is -0.610. The van der Waals surface area contributed by atoms with Crippen LogP contribution in [0.2, 0.25) is 8.67 Å². The number of aryl methyl sites for hydroxylation is 1. The van der Waals surface area contributed by atoms with E-state index >= 15 is 0 Å². The smallest absolute Gasteiger partial charge is 0.161 e. The summed E-state index contributed by atoms with van der Waals surface area (Å²) < 4.78 is 11.8. The Morgan fingerprint density at radius 3 is 2.10 bits per heavy atom. The standard InChI is InChI=1S/C14H13Cl3O2S/c1-7-4-10(18-2)11(19-3)5-8(7)13(16)9-6-12(15)20-14(9)17/h4-6,13H,1-3H3. The molecule has 2 nitrogen and oxygen atoms in total. The van der Waals surface area contributed by atoms with Crippen LogP contribution in [-0.2, 0) is 0 Å². The summed E-state index contributed by atoms with van der Waals surface area (Å²) in [5.41, 5.74) is 2.72. The topological polar surface area (TPSA) is 18.5 Å². The van der Waals surface area contributed by atoms with Crippen LogP contribution in [0.1, 0.15) is 22.1 Å². The van der Waals surface area contributed by atoms with Gasteiger partial charge in [0.05, 0.1) is 28.3 Å². The summed E-state index contributed by atoms with van der Waals surface area (Å²) in [6, 6.07) is 5.56. The van der Waals surface area contributed by atoms with Crippen LogP contribution in [0.3, 0.4) is 0 Å². The third-order valence-electron chi connectivity index (χ3n) is 3.00. The predicted molar refractivity (Wildman–Crippen MR) is 86.3 cm³/mol. The van der Waals surface area contributed by atoms with Crippen molar-refractivity contribution >= 4 is 46.1 Å². The third-order valence-corrected chi connectivity index (χ3v) is 4.99. The number of methoxy groups -OCH3 is 2. The van der Waals surface area contributed by atoms with Crippen LogP contribution in [0.5, 0.6) is 11.5 Å². The summed E-state index contributed by atoms with van der Waals surface area (Å²) in [5, 5.41) is -0.383. The molecular weight excluding hydrogens is 339 g/mol. The molecule has 6 heteroatoms. The first-order valence-electron chi connectivity index (χ1n) is 5.79. The number of benzene rings is 1. The van der Waals surface area contributed by atoms with Crippen molar-refractivity contribution in [3.05, 3.63) is 43.6 Å². The van der Waals surface area contributed by atoms with E-state index in [2.05, 4.69) is 0 Å². The number of rotatable bonds is 4. The van der Waals surface area contributed by atoms with Crippen molar-refractivity contribution in [1.29, 1.82) is 0 Å². The maximum atomic E-state index is 6.55. The molecule has 0 saturated heterocycles. The highest BCUT2D eigenvalue weighted by Gasteiger charge is 2.21. The Bertz CT molecular complexity index is 625. The van der Waals surface area contributed by atoms with Crippen LogP contribution in [0.4, 0.5) is 0 Å². The summed E-state index contributed by atoms with van der Waals surface area (Å²) in [4.78, 5) is 0. The molecule has 1 unspecified atom stereocenters. The lowest BCUT2D eigenvalue weighted by Gasteiger charge is -2.16. The minimum Gasteiger partial charge on any atom is -0.493 e.